The second-order valence-electron chi connectivity index (χ2n) is 4.58. The molecule has 0 saturated carbocycles. The molecule has 0 spiro atoms. The van der Waals surface area contributed by atoms with Crippen molar-refractivity contribution < 1.29 is 9.90 Å². The zero-order valence-electron chi connectivity index (χ0n) is 11.7. The molecule has 1 rings (SSSR count). The fourth-order valence-corrected chi connectivity index (χ4v) is 2.63. The minimum absolute atomic E-state index is 0.0285. The Morgan fingerprint density at radius 2 is 2.16 bits per heavy atom. The minimum Gasteiger partial charge on any atom is -0.396 e. The SMILES string of the molecule is CCc1cccc(CC(=O)NC(CCO)CSC)c1. The molecule has 0 aliphatic carbocycles. The number of aliphatic hydroxyl groups excluding tert-OH is 1. The fourth-order valence-electron chi connectivity index (χ4n) is 1.98. The topological polar surface area (TPSA) is 49.3 Å². The number of aliphatic hydroxyl groups is 1. The van der Waals surface area contributed by atoms with Gasteiger partial charge >= 0.3 is 0 Å². The number of nitrogens with one attached hydrogen (secondary N) is 1. The number of benzene rings is 1. The van der Waals surface area contributed by atoms with Crippen LogP contribution in [0.15, 0.2) is 24.3 Å². The monoisotopic (exact) mass is 281 g/mol. The number of carbonyl (C=O) groups excluding carboxylic acids is 1. The van der Waals surface area contributed by atoms with Gasteiger partial charge in [0, 0.05) is 18.4 Å². The highest BCUT2D eigenvalue weighted by molar-refractivity contribution is 7.98. The predicted molar refractivity (Wildman–Crippen MR) is 81.5 cm³/mol. The quantitative estimate of drug-likeness (QED) is 0.766. The van der Waals surface area contributed by atoms with Crippen molar-refractivity contribution in [1.82, 2.24) is 5.32 Å². The summed E-state index contributed by atoms with van der Waals surface area (Å²) in [5.74, 6) is 0.863. The third kappa shape index (κ3) is 6.12. The van der Waals surface area contributed by atoms with Gasteiger partial charge in [0.2, 0.25) is 5.91 Å². The summed E-state index contributed by atoms with van der Waals surface area (Å²) in [6.45, 7) is 2.21. The normalized spacial score (nSPS) is 12.2. The molecule has 106 valence electrons. The van der Waals surface area contributed by atoms with Crippen molar-refractivity contribution in [1.29, 1.82) is 0 Å². The Kier molecular flexibility index (Phi) is 7.60. The van der Waals surface area contributed by atoms with E-state index in [4.69, 9.17) is 5.11 Å². The van der Waals surface area contributed by atoms with Gasteiger partial charge < -0.3 is 10.4 Å². The zero-order valence-corrected chi connectivity index (χ0v) is 12.5. The molecule has 3 nitrogen and oxygen atoms in total. The van der Waals surface area contributed by atoms with Crippen molar-refractivity contribution in [2.45, 2.75) is 32.2 Å². The van der Waals surface area contributed by atoms with Crippen molar-refractivity contribution >= 4 is 17.7 Å². The van der Waals surface area contributed by atoms with Gasteiger partial charge in [0.15, 0.2) is 0 Å². The Morgan fingerprint density at radius 3 is 2.79 bits per heavy atom. The summed E-state index contributed by atoms with van der Waals surface area (Å²) in [7, 11) is 0. The largest absolute Gasteiger partial charge is 0.396 e. The highest BCUT2D eigenvalue weighted by atomic mass is 32.2. The first kappa shape index (κ1) is 16.1. The number of carbonyl (C=O) groups is 1. The molecule has 1 aromatic rings. The lowest BCUT2D eigenvalue weighted by molar-refractivity contribution is -0.121. The molecule has 0 aromatic heterocycles. The van der Waals surface area contributed by atoms with Crippen LogP contribution in [-0.4, -0.2) is 35.7 Å². The van der Waals surface area contributed by atoms with Gasteiger partial charge in [-0.2, -0.15) is 11.8 Å². The summed E-state index contributed by atoms with van der Waals surface area (Å²) in [5, 5.41) is 12.0. The van der Waals surface area contributed by atoms with Crippen LogP contribution in [0.25, 0.3) is 0 Å². The van der Waals surface area contributed by atoms with Crippen LogP contribution >= 0.6 is 11.8 Å². The summed E-state index contributed by atoms with van der Waals surface area (Å²) in [5.41, 5.74) is 2.30. The van der Waals surface area contributed by atoms with E-state index in [0.29, 0.717) is 12.8 Å². The van der Waals surface area contributed by atoms with Crippen LogP contribution < -0.4 is 5.32 Å². The van der Waals surface area contributed by atoms with Gasteiger partial charge in [-0.05, 0) is 30.2 Å². The lowest BCUT2D eigenvalue weighted by Crippen LogP contribution is -2.38. The van der Waals surface area contributed by atoms with E-state index in [1.165, 1.54) is 5.56 Å². The van der Waals surface area contributed by atoms with Crippen LogP contribution in [0.4, 0.5) is 0 Å². The molecule has 0 aliphatic rings. The number of hydrogen-bond acceptors (Lipinski definition) is 3. The Labute approximate surface area is 119 Å². The second-order valence-corrected chi connectivity index (χ2v) is 5.49. The van der Waals surface area contributed by atoms with E-state index >= 15 is 0 Å². The molecule has 0 bridgehead atoms. The number of amides is 1. The molecular formula is C15H23NO2S. The molecule has 1 amide bonds. The molecule has 0 fully saturated rings. The van der Waals surface area contributed by atoms with Crippen LogP contribution in [0.5, 0.6) is 0 Å². The summed E-state index contributed by atoms with van der Waals surface area (Å²) in [6.07, 6.45) is 4.00. The van der Waals surface area contributed by atoms with E-state index < -0.39 is 0 Å². The molecule has 0 saturated heterocycles. The smallest absolute Gasteiger partial charge is 0.224 e. The maximum Gasteiger partial charge on any atom is 0.224 e. The summed E-state index contributed by atoms with van der Waals surface area (Å²) < 4.78 is 0. The second kappa shape index (κ2) is 8.99. The third-order valence-electron chi connectivity index (χ3n) is 2.97. The molecule has 2 N–H and O–H groups in total. The fraction of sp³-hybridized carbons (Fsp3) is 0.533. The first-order chi connectivity index (χ1) is 9.19. The van der Waals surface area contributed by atoms with Crippen LogP contribution in [0, 0.1) is 0 Å². The average molecular weight is 281 g/mol. The predicted octanol–water partition coefficient (Wildman–Crippen LogP) is 2.02. The maximum absolute atomic E-state index is 12.0. The molecule has 0 aliphatic heterocycles. The highest BCUT2D eigenvalue weighted by Gasteiger charge is 2.11. The van der Waals surface area contributed by atoms with Crippen molar-refractivity contribution in [2.24, 2.45) is 0 Å². The molecular weight excluding hydrogens is 258 g/mol. The Morgan fingerprint density at radius 1 is 1.42 bits per heavy atom. The molecule has 1 unspecified atom stereocenters. The van der Waals surface area contributed by atoms with Crippen molar-refractivity contribution in [2.75, 3.05) is 18.6 Å². The minimum atomic E-state index is 0.0285. The van der Waals surface area contributed by atoms with Gasteiger partial charge in [0.05, 0.1) is 6.42 Å². The Balaban J connectivity index is 2.53. The highest BCUT2D eigenvalue weighted by Crippen LogP contribution is 2.07. The standard InChI is InChI=1S/C15H23NO2S/c1-3-12-5-4-6-13(9-12)10-15(18)16-14(7-8-17)11-19-2/h4-6,9,14,17H,3,7-8,10-11H2,1-2H3,(H,16,18). The van der Waals surface area contributed by atoms with E-state index in [1.54, 1.807) is 11.8 Å². The van der Waals surface area contributed by atoms with Gasteiger partial charge in [0.1, 0.15) is 0 Å². The number of aryl methyl sites for hydroxylation is 1. The molecule has 1 atom stereocenters. The summed E-state index contributed by atoms with van der Waals surface area (Å²) in [6, 6.07) is 8.18. The number of hydrogen-bond donors (Lipinski definition) is 2. The number of thioether (sulfide) groups is 1. The lowest BCUT2D eigenvalue weighted by Gasteiger charge is -2.16. The van der Waals surface area contributed by atoms with E-state index in [0.717, 1.165) is 17.7 Å². The van der Waals surface area contributed by atoms with Gasteiger partial charge in [0.25, 0.3) is 0 Å². The lowest BCUT2D eigenvalue weighted by atomic mass is 10.1. The molecule has 1 aromatic carbocycles. The van der Waals surface area contributed by atoms with Crippen LogP contribution in [0.1, 0.15) is 24.5 Å². The maximum atomic E-state index is 12.0. The summed E-state index contributed by atoms with van der Waals surface area (Å²) in [4.78, 5) is 12.0. The van der Waals surface area contributed by atoms with E-state index in [9.17, 15) is 4.79 Å². The van der Waals surface area contributed by atoms with Gasteiger partial charge in [-0.15, -0.1) is 0 Å². The Bertz CT molecular complexity index is 389. The summed E-state index contributed by atoms with van der Waals surface area (Å²) >= 11 is 1.68. The molecule has 0 radical (unpaired) electrons. The third-order valence-corrected chi connectivity index (χ3v) is 3.71. The van der Waals surface area contributed by atoms with Crippen LogP contribution in [0.3, 0.4) is 0 Å². The number of rotatable bonds is 8. The van der Waals surface area contributed by atoms with Crippen molar-refractivity contribution in [3.8, 4) is 0 Å². The van der Waals surface area contributed by atoms with Gasteiger partial charge in [-0.3, -0.25) is 4.79 Å². The van der Waals surface area contributed by atoms with Gasteiger partial charge in [-0.25, -0.2) is 0 Å². The van der Waals surface area contributed by atoms with Crippen LogP contribution in [0.2, 0.25) is 0 Å². The molecule has 0 heterocycles. The van der Waals surface area contributed by atoms with E-state index in [1.807, 2.05) is 18.4 Å². The van der Waals surface area contributed by atoms with E-state index in [2.05, 4.69) is 24.4 Å². The first-order valence-electron chi connectivity index (χ1n) is 6.66. The van der Waals surface area contributed by atoms with Crippen molar-refractivity contribution in [3.05, 3.63) is 35.4 Å². The molecule has 19 heavy (non-hydrogen) atoms. The van der Waals surface area contributed by atoms with Gasteiger partial charge in [-0.1, -0.05) is 31.2 Å². The zero-order chi connectivity index (χ0) is 14.1. The van der Waals surface area contributed by atoms with Crippen molar-refractivity contribution in [3.63, 3.8) is 0 Å². The average Bonchev–Trinajstić information content (AvgIpc) is 2.39. The Hall–Kier alpha value is -1.00. The first-order valence-corrected chi connectivity index (χ1v) is 8.06. The molecule has 4 heteroatoms. The van der Waals surface area contributed by atoms with Crippen LogP contribution in [-0.2, 0) is 17.6 Å². The van der Waals surface area contributed by atoms with E-state index in [-0.39, 0.29) is 18.6 Å².